The van der Waals surface area contributed by atoms with E-state index in [2.05, 4.69) is 32.1 Å². The summed E-state index contributed by atoms with van der Waals surface area (Å²) >= 11 is 6.62. The fraction of sp³-hybridized carbons (Fsp3) is 0.107. The van der Waals surface area contributed by atoms with Crippen LogP contribution in [0.3, 0.4) is 0 Å². The molecule has 0 aliphatic rings. The van der Waals surface area contributed by atoms with Gasteiger partial charge in [-0.3, -0.25) is 4.79 Å². The van der Waals surface area contributed by atoms with Gasteiger partial charge in [-0.2, -0.15) is 0 Å². The first-order chi connectivity index (χ1) is 18.3. The Kier molecular flexibility index (Phi) is 7.13. The fourth-order valence-corrected chi connectivity index (χ4v) is 5.24. The monoisotopic (exact) mass is 545 g/mol. The van der Waals surface area contributed by atoms with Gasteiger partial charge in [0.1, 0.15) is 17.0 Å². The number of hydrogen-bond donors (Lipinski definition) is 2. The lowest BCUT2D eigenvalue weighted by atomic mass is 10.2. The lowest BCUT2D eigenvalue weighted by molar-refractivity contribution is 0.0977. The molecule has 10 heteroatoms. The lowest BCUT2D eigenvalue weighted by Crippen LogP contribution is -2.31. The van der Waals surface area contributed by atoms with Crippen molar-refractivity contribution < 1.29 is 13.2 Å². The van der Waals surface area contributed by atoms with Gasteiger partial charge in [0.15, 0.2) is 5.65 Å². The number of carbonyl (C=O) groups excluding carboxylic acids is 1. The number of halogens is 1. The molecule has 0 aliphatic carbocycles. The number of aromatic nitrogens is 3. The number of sulfonamides is 1. The van der Waals surface area contributed by atoms with Gasteiger partial charge in [-0.25, -0.2) is 23.1 Å². The first kappa shape index (κ1) is 25.4. The molecular formula is C28H24ClN5O3S. The molecule has 0 aliphatic heterocycles. The van der Waals surface area contributed by atoms with Crippen LogP contribution in [0.25, 0.3) is 11.2 Å². The number of nitrogens with zero attached hydrogens (tertiary/aromatic N) is 3. The van der Waals surface area contributed by atoms with Crippen LogP contribution >= 0.6 is 11.6 Å². The van der Waals surface area contributed by atoms with Crippen molar-refractivity contribution in [1.82, 2.24) is 19.3 Å². The second-order valence-corrected chi connectivity index (χ2v) is 10.8. The number of hydrogen-bond acceptors (Lipinski definition) is 6. The van der Waals surface area contributed by atoms with Gasteiger partial charge in [-0.1, -0.05) is 66.2 Å². The number of pyridine rings is 1. The Morgan fingerprint density at radius 2 is 1.63 bits per heavy atom. The van der Waals surface area contributed by atoms with Gasteiger partial charge in [0.2, 0.25) is 0 Å². The number of anilines is 1. The third-order valence-electron chi connectivity index (χ3n) is 6.02. The van der Waals surface area contributed by atoms with E-state index in [1.807, 2.05) is 47.9 Å². The highest BCUT2D eigenvalue weighted by Crippen LogP contribution is 2.25. The number of carbonyl (C=O) groups is 1. The lowest BCUT2D eigenvalue weighted by Gasteiger charge is -2.12. The normalized spacial score (nSPS) is 11.4. The number of aryl methyl sites for hydroxylation is 1. The molecule has 38 heavy (non-hydrogen) atoms. The molecule has 0 radical (unpaired) electrons. The zero-order valence-electron chi connectivity index (χ0n) is 20.4. The highest BCUT2D eigenvalue weighted by atomic mass is 35.5. The van der Waals surface area contributed by atoms with E-state index in [9.17, 15) is 13.2 Å². The largest absolute Gasteiger partial charge is 0.381 e. The Bertz CT molecular complexity index is 1720. The molecule has 5 rings (SSSR count). The molecule has 3 aromatic carbocycles. The number of rotatable bonds is 8. The predicted molar refractivity (Wildman–Crippen MR) is 148 cm³/mol. The van der Waals surface area contributed by atoms with Crippen LogP contribution in [-0.2, 0) is 23.1 Å². The predicted octanol–water partition coefficient (Wildman–Crippen LogP) is 5.17. The summed E-state index contributed by atoms with van der Waals surface area (Å²) in [5, 5.41) is 3.95. The van der Waals surface area contributed by atoms with Crippen LogP contribution in [-0.4, -0.2) is 28.9 Å². The van der Waals surface area contributed by atoms with E-state index in [1.54, 1.807) is 24.3 Å². The Balaban J connectivity index is 1.36. The highest BCUT2D eigenvalue weighted by molar-refractivity contribution is 7.90. The summed E-state index contributed by atoms with van der Waals surface area (Å²) in [6.07, 6.45) is 0. The molecule has 2 N–H and O–H groups in total. The van der Waals surface area contributed by atoms with Crippen LogP contribution in [0.2, 0.25) is 5.02 Å². The second kappa shape index (κ2) is 10.6. The van der Waals surface area contributed by atoms with Crippen molar-refractivity contribution in [2.45, 2.75) is 24.9 Å². The third kappa shape index (κ3) is 5.53. The zero-order chi connectivity index (χ0) is 26.7. The molecule has 2 heterocycles. The summed E-state index contributed by atoms with van der Waals surface area (Å²) in [7, 11) is -4.03. The number of imidazole rings is 1. The van der Waals surface area contributed by atoms with Crippen molar-refractivity contribution in [2.75, 3.05) is 5.32 Å². The Hall–Kier alpha value is -4.21. The van der Waals surface area contributed by atoms with Crippen LogP contribution in [0.4, 0.5) is 5.69 Å². The molecule has 0 saturated carbocycles. The van der Waals surface area contributed by atoms with Gasteiger partial charge in [-0.15, -0.1) is 0 Å². The molecule has 0 atom stereocenters. The number of benzene rings is 3. The summed E-state index contributed by atoms with van der Waals surface area (Å²) in [6, 6.07) is 26.6. The average Bonchev–Trinajstić information content (AvgIpc) is 3.23. The number of nitrogens with one attached hydrogen (secondary N) is 2. The maximum absolute atomic E-state index is 12.8. The van der Waals surface area contributed by atoms with E-state index < -0.39 is 15.9 Å². The average molecular weight is 546 g/mol. The van der Waals surface area contributed by atoms with Gasteiger partial charge < -0.3 is 9.88 Å². The Labute approximate surface area is 225 Å². The molecule has 192 valence electrons. The molecule has 5 aromatic rings. The van der Waals surface area contributed by atoms with Crippen LogP contribution in [0.15, 0.2) is 95.9 Å². The van der Waals surface area contributed by atoms with Gasteiger partial charge >= 0.3 is 0 Å². The minimum Gasteiger partial charge on any atom is -0.381 e. The van der Waals surface area contributed by atoms with Crippen LogP contribution in [0.1, 0.15) is 27.4 Å². The number of amides is 1. The maximum atomic E-state index is 12.8. The van der Waals surface area contributed by atoms with Crippen molar-refractivity contribution in [3.05, 3.63) is 119 Å². The zero-order valence-corrected chi connectivity index (χ0v) is 22.0. The van der Waals surface area contributed by atoms with E-state index >= 15 is 0 Å². The minimum absolute atomic E-state index is 0.00772. The van der Waals surface area contributed by atoms with Crippen LogP contribution in [0.5, 0.6) is 0 Å². The maximum Gasteiger partial charge on any atom is 0.283 e. The fourth-order valence-electron chi connectivity index (χ4n) is 4.02. The molecule has 1 amide bonds. The van der Waals surface area contributed by atoms with E-state index in [4.69, 9.17) is 11.6 Å². The quantitative estimate of drug-likeness (QED) is 0.278. The van der Waals surface area contributed by atoms with E-state index in [1.165, 1.54) is 18.2 Å². The first-order valence-electron chi connectivity index (χ1n) is 11.8. The number of fused-ring (bicyclic) bond motifs is 1. The van der Waals surface area contributed by atoms with Crippen LogP contribution in [0, 0.1) is 6.92 Å². The smallest absolute Gasteiger partial charge is 0.283 e. The minimum atomic E-state index is -4.03. The second-order valence-electron chi connectivity index (χ2n) is 8.68. The SMILES string of the molecule is Cc1nc2ccc(C(=O)NS(=O)(=O)c3ccccc3)nc2n1Cc1ccc(NCc2ccccc2)cc1Cl. The van der Waals surface area contributed by atoms with E-state index in [0.717, 1.165) is 16.8 Å². The van der Waals surface area contributed by atoms with Gasteiger partial charge in [0, 0.05) is 17.3 Å². The summed E-state index contributed by atoms with van der Waals surface area (Å²) in [5.74, 6) is -0.141. The molecule has 0 spiro atoms. The summed E-state index contributed by atoms with van der Waals surface area (Å²) in [5.41, 5.74) is 3.91. The van der Waals surface area contributed by atoms with E-state index in [0.29, 0.717) is 35.1 Å². The van der Waals surface area contributed by atoms with Gasteiger partial charge in [0.05, 0.1) is 11.4 Å². The molecule has 0 saturated heterocycles. The van der Waals surface area contributed by atoms with E-state index in [-0.39, 0.29) is 10.6 Å². The molecule has 0 unspecified atom stereocenters. The topological polar surface area (TPSA) is 106 Å². The van der Waals surface area contributed by atoms with Crippen molar-refractivity contribution in [3.63, 3.8) is 0 Å². The summed E-state index contributed by atoms with van der Waals surface area (Å²) < 4.78 is 29.1. The van der Waals surface area contributed by atoms with Gasteiger partial charge in [-0.05, 0) is 54.4 Å². The third-order valence-corrected chi connectivity index (χ3v) is 7.72. The van der Waals surface area contributed by atoms with Crippen molar-refractivity contribution in [2.24, 2.45) is 0 Å². The molecule has 8 nitrogen and oxygen atoms in total. The molecule has 2 aromatic heterocycles. The van der Waals surface area contributed by atoms with Crippen molar-refractivity contribution >= 4 is 44.4 Å². The highest BCUT2D eigenvalue weighted by Gasteiger charge is 2.21. The summed E-state index contributed by atoms with van der Waals surface area (Å²) in [6.45, 7) is 2.89. The standard InChI is InChI=1S/C28H24ClN5O3S/c1-19-31-25-14-15-26(28(35)33-38(36,37)23-10-6-3-7-11-23)32-27(25)34(19)18-21-12-13-22(16-24(21)29)30-17-20-8-4-2-5-9-20/h2-16,30H,17-18H2,1H3,(H,33,35). The Morgan fingerprint density at radius 3 is 2.34 bits per heavy atom. The van der Waals surface area contributed by atoms with Gasteiger partial charge in [0.25, 0.3) is 15.9 Å². The van der Waals surface area contributed by atoms with Crippen molar-refractivity contribution in [1.29, 1.82) is 0 Å². The van der Waals surface area contributed by atoms with Crippen molar-refractivity contribution in [3.8, 4) is 0 Å². The molecule has 0 fully saturated rings. The molecule has 0 bridgehead atoms. The summed E-state index contributed by atoms with van der Waals surface area (Å²) in [4.78, 5) is 21.8. The Morgan fingerprint density at radius 1 is 0.921 bits per heavy atom. The first-order valence-corrected chi connectivity index (χ1v) is 13.7. The molecular weight excluding hydrogens is 522 g/mol. The van der Waals surface area contributed by atoms with Crippen LogP contribution < -0.4 is 10.0 Å².